The van der Waals surface area contributed by atoms with Gasteiger partial charge in [-0.15, -0.1) is 0 Å². The average Bonchev–Trinajstić information content (AvgIpc) is 2.40. The fourth-order valence-corrected chi connectivity index (χ4v) is 0.313. The van der Waals surface area contributed by atoms with Crippen LogP contribution in [0.3, 0.4) is 0 Å². The Morgan fingerprint density at radius 1 is 0.667 bits per heavy atom. The fourth-order valence-electron chi connectivity index (χ4n) is 0.313. The van der Waals surface area contributed by atoms with Crippen LogP contribution in [-0.2, 0) is 20.1 Å². The molecule has 0 aliphatic carbocycles. The molecule has 1 rings (SSSR count). The summed E-state index contributed by atoms with van der Waals surface area (Å²) in [7, 11) is -6.00. The Kier molecular flexibility index (Phi) is 22.7. The van der Waals surface area contributed by atoms with Crippen LogP contribution in [0.4, 0.5) is 17.3 Å². The molecule has 0 saturated heterocycles. The van der Waals surface area contributed by atoms with E-state index >= 15 is 0 Å². The first-order valence-corrected chi connectivity index (χ1v) is 6.64. The molecule has 0 aliphatic heterocycles. The van der Waals surface area contributed by atoms with Crippen molar-refractivity contribution >= 4 is 7.25 Å². The molecule has 0 atom stereocenters. The van der Waals surface area contributed by atoms with E-state index in [2.05, 4.69) is 31.3 Å². The second-order valence-corrected chi connectivity index (χ2v) is 4.64. The van der Waals surface area contributed by atoms with E-state index in [1.807, 2.05) is 45.9 Å². The first-order valence-electron chi connectivity index (χ1n) is 6.64. The van der Waals surface area contributed by atoms with E-state index in [4.69, 9.17) is 0 Å². The summed E-state index contributed by atoms with van der Waals surface area (Å²) >= 11 is 0. The van der Waals surface area contributed by atoms with Gasteiger partial charge >= 0.3 is 7.25 Å². The molecule has 24 heavy (non-hydrogen) atoms. The molecule has 0 aromatic carbocycles. The molecule has 0 N–H and O–H groups in total. The molecule has 0 spiro atoms. The number of allylic oxidation sites excluding steroid dienone is 4. The van der Waals surface area contributed by atoms with Gasteiger partial charge in [0.15, 0.2) is 0 Å². The SMILES string of the molecule is C=C(C)C(=C)C.C=C(C)C(=C)C.F[B-](F)(F)F.[Ir].c1ccncc1. The maximum atomic E-state index is 9.75. The summed E-state index contributed by atoms with van der Waals surface area (Å²) in [5, 5.41) is 0. The van der Waals surface area contributed by atoms with Crippen molar-refractivity contribution in [3.05, 3.63) is 79.2 Å². The minimum atomic E-state index is -6.00. The Balaban J connectivity index is -0.000000110. The Morgan fingerprint density at radius 2 is 0.875 bits per heavy atom. The third kappa shape index (κ3) is 49.9. The van der Waals surface area contributed by atoms with Gasteiger partial charge in [-0.05, 0) is 39.8 Å². The van der Waals surface area contributed by atoms with Crippen LogP contribution in [0, 0.1) is 0 Å². The average molecular weight is 522 g/mol. The van der Waals surface area contributed by atoms with Crippen molar-refractivity contribution in [3.63, 3.8) is 0 Å². The molecule has 7 heteroatoms. The number of hydrogen-bond donors (Lipinski definition) is 0. The molecular weight excluding hydrogens is 497 g/mol. The van der Waals surface area contributed by atoms with E-state index in [9.17, 15) is 17.3 Å². The van der Waals surface area contributed by atoms with Gasteiger partial charge in [-0.3, -0.25) is 4.98 Å². The molecule has 0 saturated carbocycles. The summed E-state index contributed by atoms with van der Waals surface area (Å²) in [5.74, 6) is 0. The number of hydrogen-bond acceptors (Lipinski definition) is 1. The minimum absolute atomic E-state index is 0. The van der Waals surface area contributed by atoms with Crippen molar-refractivity contribution in [1.82, 2.24) is 4.98 Å². The molecule has 0 unspecified atom stereocenters. The van der Waals surface area contributed by atoms with Gasteiger partial charge in [0, 0.05) is 32.5 Å². The molecule has 0 fully saturated rings. The monoisotopic (exact) mass is 523 g/mol. The van der Waals surface area contributed by atoms with E-state index in [0.29, 0.717) is 0 Å². The number of rotatable bonds is 2. The Morgan fingerprint density at radius 3 is 0.917 bits per heavy atom. The predicted octanol–water partition coefficient (Wildman–Crippen LogP) is 6.66. The van der Waals surface area contributed by atoms with Gasteiger partial charge in [0.1, 0.15) is 0 Å². The number of nitrogens with zero attached hydrogens (tertiary/aromatic N) is 1. The van der Waals surface area contributed by atoms with E-state index in [0.717, 1.165) is 22.3 Å². The van der Waals surface area contributed by atoms with Gasteiger partial charge < -0.3 is 17.3 Å². The second-order valence-electron chi connectivity index (χ2n) is 4.64. The topological polar surface area (TPSA) is 12.9 Å². The van der Waals surface area contributed by atoms with Crippen molar-refractivity contribution in [3.8, 4) is 0 Å². The molecule has 0 bridgehead atoms. The Hall–Kier alpha value is -1.46. The summed E-state index contributed by atoms with van der Waals surface area (Å²) in [6, 6.07) is 5.72. The summed E-state index contributed by atoms with van der Waals surface area (Å²) in [4.78, 5) is 3.78. The number of aromatic nitrogens is 1. The van der Waals surface area contributed by atoms with Gasteiger partial charge in [0.2, 0.25) is 0 Å². The van der Waals surface area contributed by atoms with Crippen LogP contribution >= 0.6 is 0 Å². The van der Waals surface area contributed by atoms with E-state index in [1.54, 1.807) is 12.4 Å². The minimum Gasteiger partial charge on any atom is -0.418 e. The van der Waals surface area contributed by atoms with Crippen LogP contribution in [0.25, 0.3) is 0 Å². The zero-order valence-electron chi connectivity index (χ0n) is 14.6. The van der Waals surface area contributed by atoms with Gasteiger partial charge in [-0.1, -0.05) is 54.7 Å². The summed E-state index contributed by atoms with van der Waals surface area (Å²) < 4.78 is 39.0. The second kappa shape index (κ2) is 17.9. The van der Waals surface area contributed by atoms with E-state index in [1.165, 1.54) is 0 Å². The van der Waals surface area contributed by atoms with Crippen molar-refractivity contribution in [2.45, 2.75) is 27.7 Å². The van der Waals surface area contributed by atoms with Crippen LogP contribution in [-0.4, -0.2) is 12.2 Å². The van der Waals surface area contributed by atoms with Crippen LogP contribution in [0.2, 0.25) is 0 Å². The van der Waals surface area contributed by atoms with Crippen molar-refractivity contribution in [2.75, 3.05) is 0 Å². The van der Waals surface area contributed by atoms with Crippen LogP contribution in [0.1, 0.15) is 27.7 Å². The van der Waals surface area contributed by atoms with Crippen LogP contribution < -0.4 is 0 Å². The molecular formula is C17H25BF4IrN-. The maximum Gasteiger partial charge on any atom is 0.673 e. The molecule has 139 valence electrons. The molecule has 1 radical (unpaired) electrons. The molecule has 1 nitrogen and oxygen atoms in total. The van der Waals surface area contributed by atoms with Crippen molar-refractivity contribution in [1.29, 1.82) is 0 Å². The predicted molar refractivity (Wildman–Crippen MR) is 93.7 cm³/mol. The Labute approximate surface area is 156 Å². The summed E-state index contributed by atoms with van der Waals surface area (Å²) in [6.45, 7) is 22.4. The first kappa shape index (κ1) is 30.4. The van der Waals surface area contributed by atoms with Gasteiger partial charge in [-0.25, -0.2) is 0 Å². The standard InChI is InChI=1S/2C6H10.C5H5N.BF4.Ir/c2*1-5(2)6(3)4;1-2-4-6-5-3-1;2-1(3,4)5;/h2*1,3H2,2,4H3;1-5H;;/q;;;-1;. The van der Waals surface area contributed by atoms with E-state index in [-0.39, 0.29) is 20.1 Å². The quantitative estimate of drug-likeness (QED) is 0.241. The number of pyridine rings is 1. The maximum absolute atomic E-state index is 9.75. The van der Waals surface area contributed by atoms with Crippen LogP contribution in [0.5, 0.6) is 0 Å². The van der Waals surface area contributed by atoms with Crippen molar-refractivity contribution < 1.29 is 37.4 Å². The van der Waals surface area contributed by atoms with Crippen LogP contribution in [0.15, 0.2) is 79.2 Å². The zero-order chi connectivity index (χ0) is 19.1. The van der Waals surface area contributed by atoms with Crippen molar-refractivity contribution in [2.24, 2.45) is 0 Å². The Bertz CT molecular complexity index is 404. The fraction of sp³-hybridized carbons (Fsp3) is 0.235. The smallest absolute Gasteiger partial charge is 0.418 e. The number of halogens is 4. The molecule has 1 heterocycles. The zero-order valence-corrected chi connectivity index (χ0v) is 17.0. The molecule has 0 amide bonds. The third-order valence-electron chi connectivity index (χ3n) is 2.02. The first-order chi connectivity index (χ1) is 10.3. The molecule has 0 aliphatic rings. The molecule has 1 aromatic rings. The summed E-state index contributed by atoms with van der Waals surface area (Å²) in [5.41, 5.74) is 4.26. The summed E-state index contributed by atoms with van der Waals surface area (Å²) in [6.07, 6.45) is 3.50. The molecule has 1 aromatic heterocycles. The van der Waals surface area contributed by atoms with Gasteiger partial charge in [0.05, 0.1) is 0 Å². The van der Waals surface area contributed by atoms with Gasteiger partial charge in [0.25, 0.3) is 0 Å². The van der Waals surface area contributed by atoms with Gasteiger partial charge in [-0.2, -0.15) is 0 Å². The largest absolute Gasteiger partial charge is 0.673 e. The normalized spacial score (nSPS) is 8.33. The van der Waals surface area contributed by atoms with E-state index < -0.39 is 7.25 Å². The third-order valence-corrected chi connectivity index (χ3v) is 2.02.